The van der Waals surface area contributed by atoms with Gasteiger partial charge >= 0.3 is 0 Å². The zero-order chi connectivity index (χ0) is 26.6. The van der Waals surface area contributed by atoms with Gasteiger partial charge in [-0.2, -0.15) is 0 Å². The molecule has 1 saturated heterocycles. The van der Waals surface area contributed by atoms with Gasteiger partial charge in [0, 0.05) is 56.2 Å². The second kappa shape index (κ2) is 11.5. The molecule has 0 bridgehead atoms. The summed E-state index contributed by atoms with van der Waals surface area (Å²) in [5.41, 5.74) is 3.03. The van der Waals surface area contributed by atoms with Gasteiger partial charge in [0.25, 0.3) is 11.5 Å². The number of aryl methyl sites for hydroxylation is 1. The van der Waals surface area contributed by atoms with Gasteiger partial charge in [-0.3, -0.25) is 19.1 Å². The molecule has 1 aliphatic carbocycles. The average molecular weight is 515 g/mol. The quantitative estimate of drug-likeness (QED) is 0.405. The van der Waals surface area contributed by atoms with E-state index in [1.165, 1.54) is 0 Å². The summed E-state index contributed by atoms with van der Waals surface area (Å²) in [5.74, 6) is 0.423. The lowest BCUT2D eigenvalue weighted by Crippen LogP contribution is -2.51. The number of nitrogens with zero attached hydrogens (tertiary/aromatic N) is 3. The summed E-state index contributed by atoms with van der Waals surface area (Å²) in [4.78, 5) is 33.4. The van der Waals surface area contributed by atoms with E-state index in [0.29, 0.717) is 23.1 Å². The summed E-state index contributed by atoms with van der Waals surface area (Å²) < 4.78 is 1.59. The first-order valence-electron chi connectivity index (χ1n) is 13.7. The molecule has 8 nitrogen and oxygen atoms in total. The molecule has 2 aliphatic rings. The largest absolute Gasteiger partial charge is 0.358 e. The molecule has 3 atom stereocenters. The Hall–Kier alpha value is -3.49. The van der Waals surface area contributed by atoms with Crippen molar-refractivity contribution in [3.63, 3.8) is 0 Å². The Morgan fingerprint density at radius 3 is 2.71 bits per heavy atom. The standard InChI is InChI=1S/C30H38N6O2/c1-20-9-10-24(29(37)33-25-11-12-25)17-26(20)36-16-14-32-28(30(36)38)34-27(23-7-5-4-6-8-23)21(2)19-35-15-13-31-18-22(35)3/h4-10,14,16-17,21-22,25,27,31H,11-13,15,18-19H2,1-3H3,(H,32,34)(H,33,37)/t21-,22+,27+/m0/s1. The van der Waals surface area contributed by atoms with Crippen molar-refractivity contribution in [2.75, 3.05) is 31.5 Å². The Kier molecular flexibility index (Phi) is 7.90. The fourth-order valence-electron chi connectivity index (χ4n) is 5.20. The molecule has 200 valence electrons. The van der Waals surface area contributed by atoms with Crippen molar-refractivity contribution in [2.24, 2.45) is 5.92 Å². The summed E-state index contributed by atoms with van der Waals surface area (Å²) in [6.07, 6.45) is 5.36. The minimum absolute atomic E-state index is 0.0916. The van der Waals surface area contributed by atoms with E-state index in [2.05, 4.69) is 51.8 Å². The minimum atomic E-state index is -0.237. The Bertz CT molecular complexity index is 1320. The van der Waals surface area contributed by atoms with Crippen LogP contribution in [0.1, 0.15) is 54.2 Å². The molecule has 0 radical (unpaired) electrons. The normalized spacial score (nSPS) is 19.5. The average Bonchev–Trinajstić information content (AvgIpc) is 3.74. The number of anilines is 1. The van der Waals surface area contributed by atoms with Crippen molar-refractivity contribution in [3.05, 3.63) is 88.0 Å². The van der Waals surface area contributed by atoms with Gasteiger partial charge in [0.15, 0.2) is 5.82 Å². The third-order valence-electron chi connectivity index (χ3n) is 7.67. The van der Waals surface area contributed by atoms with Crippen LogP contribution in [0.4, 0.5) is 5.82 Å². The minimum Gasteiger partial charge on any atom is -0.358 e. The van der Waals surface area contributed by atoms with Gasteiger partial charge < -0.3 is 16.0 Å². The predicted octanol–water partition coefficient (Wildman–Crippen LogP) is 3.52. The number of benzene rings is 2. The molecule has 0 unspecified atom stereocenters. The zero-order valence-electron chi connectivity index (χ0n) is 22.5. The van der Waals surface area contributed by atoms with Crippen LogP contribution in [0.5, 0.6) is 0 Å². The van der Waals surface area contributed by atoms with Crippen molar-refractivity contribution < 1.29 is 4.79 Å². The van der Waals surface area contributed by atoms with E-state index in [0.717, 1.165) is 50.1 Å². The summed E-state index contributed by atoms with van der Waals surface area (Å²) in [6, 6.07) is 16.4. The number of piperazine rings is 1. The number of carbonyl (C=O) groups excluding carboxylic acids is 1. The van der Waals surface area contributed by atoms with Crippen molar-refractivity contribution in [2.45, 2.75) is 51.7 Å². The summed E-state index contributed by atoms with van der Waals surface area (Å²) in [7, 11) is 0. The second-order valence-electron chi connectivity index (χ2n) is 10.8. The van der Waals surface area contributed by atoms with Crippen LogP contribution >= 0.6 is 0 Å². The summed E-state index contributed by atoms with van der Waals surface area (Å²) >= 11 is 0. The lowest BCUT2D eigenvalue weighted by Gasteiger charge is -2.37. The van der Waals surface area contributed by atoms with Gasteiger partial charge in [0.2, 0.25) is 0 Å². The number of carbonyl (C=O) groups is 1. The van der Waals surface area contributed by atoms with E-state index in [1.807, 2.05) is 37.3 Å². The van der Waals surface area contributed by atoms with Crippen molar-refractivity contribution in [1.29, 1.82) is 0 Å². The first-order chi connectivity index (χ1) is 18.4. The number of hydrogen-bond donors (Lipinski definition) is 3. The first kappa shape index (κ1) is 26.1. The van der Waals surface area contributed by atoms with Gasteiger partial charge in [-0.1, -0.05) is 43.3 Å². The summed E-state index contributed by atoms with van der Waals surface area (Å²) in [6.45, 7) is 10.3. The number of rotatable bonds is 9. The van der Waals surface area contributed by atoms with Gasteiger partial charge in [-0.15, -0.1) is 0 Å². The van der Waals surface area contributed by atoms with E-state index in [9.17, 15) is 9.59 Å². The van der Waals surface area contributed by atoms with E-state index in [4.69, 9.17) is 0 Å². The maximum Gasteiger partial charge on any atom is 0.297 e. The Morgan fingerprint density at radius 1 is 1.18 bits per heavy atom. The van der Waals surface area contributed by atoms with Gasteiger partial charge in [-0.05, 0) is 55.9 Å². The number of nitrogens with one attached hydrogen (secondary N) is 3. The SMILES string of the molecule is Cc1ccc(C(=O)NC2CC2)cc1-n1ccnc(N[C@@H](c2ccccc2)[C@@H](C)CN2CCNC[C@H]2C)c1=O. The Morgan fingerprint density at radius 2 is 1.97 bits per heavy atom. The molecule has 1 saturated carbocycles. The highest BCUT2D eigenvalue weighted by Crippen LogP contribution is 2.27. The molecular weight excluding hydrogens is 476 g/mol. The maximum atomic E-state index is 13.7. The van der Waals surface area contributed by atoms with Crippen LogP contribution < -0.4 is 21.5 Å². The van der Waals surface area contributed by atoms with Crippen LogP contribution in [0.15, 0.2) is 65.7 Å². The van der Waals surface area contributed by atoms with Crippen LogP contribution in [0, 0.1) is 12.8 Å². The molecule has 2 aromatic carbocycles. The van der Waals surface area contributed by atoms with E-state index in [-0.39, 0.29) is 29.5 Å². The number of hydrogen-bond acceptors (Lipinski definition) is 6. The molecule has 1 aliphatic heterocycles. The molecule has 3 N–H and O–H groups in total. The zero-order valence-corrected chi connectivity index (χ0v) is 22.5. The molecule has 8 heteroatoms. The van der Waals surface area contributed by atoms with Crippen molar-refractivity contribution in [3.8, 4) is 5.69 Å². The predicted molar refractivity (Wildman–Crippen MR) is 151 cm³/mol. The molecule has 3 aromatic rings. The van der Waals surface area contributed by atoms with E-state index >= 15 is 0 Å². The fraction of sp³-hybridized carbons (Fsp3) is 0.433. The Balaban J connectivity index is 1.43. The number of amides is 1. The highest BCUT2D eigenvalue weighted by atomic mass is 16.2. The van der Waals surface area contributed by atoms with Crippen LogP contribution in [-0.4, -0.2) is 58.6 Å². The molecule has 2 heterocycles. The molecule has 1 aromatic heterocycles. The third-order valence-corrected chi connectivity index (χ3v) is 7.67. The highest BCUT2D eigenvalue weighted by molar-refractivity contribution is 5.95. The fourth-order valence-corrected chi connectivity index (χ4v) is 5.20. The summed E-state index contributed by atoms with van der Waals surface area (Å²) in [5, 5.41) is 9.99. The molecular formula is C30H38N6O2. The molecule has 2 fully saturated rings. The smallest absolute Gasteiger partial charge is 0.297 e. The van der Waals surface area contributed by atoms with Crippen LogP contribution in [-0.2, 0) is 0 Å². The highest BCUT2D eigenvalue weighted by Gasteiger charge is 2.27. The molecule has 0 spiro atoms. The van der Waals surface area contributed by atoms with E-state index in [1.54, 1.807) is 23.0 Å². The van der Waals surface area contributed by atoms with Crippen molar-refractivity contribution >= 4 is 11.7 Å². The van der Waals surface area contributed by atoms with E-state index < -0.39 is 0 Å². The number of aromatic nitrogens is 2. The van der Waals surface area contributed by atoms with Gasteiger partial charge in [-0.25, -0.2) is 4.98 Å². The molecule has 5 rings (SSSR count). The Labute approximate surface area is 224 Å². The topological polar surface area (TPSA) is 91.3 Å². The first-order valence-corrected chi connectivity index (χ1v) is 13.7. The monoisotopic (exact) mass is 514 g/mol. The van der Waals surface area contributed by atoms with Gasteiger partial charge in [0.1, 0.15) is 0 Å². The van der Waals surface area contributed by atoms with Crippen LogP contribution in [0.3, 0.4) is 0 Å². The lowest BCUT2D eigenvalue weighted by molar-refractivity contribution is 0.0951. The molecule has 38 heavy (non-hydrogen) atoms. The van der Waals surface area contributed by atoms with Crippen LogP contribution in [0.2, 0.25) is 0 Å². The molecule has 1 amide bonds. The lowest BCUT2D eigenvalue weighted by atomic mass is 9.93. The van der Waals surface area contributed by atoms with Crippen molar-refractivity contribution in [1.82, 2.24) is 25.1 Å². The maximum absolute atomic E-state index is 13.7. The third kappa shape index (κ3) is 5.97. The second-order valence-corrected chi connectivity index (χ2v) is 10.8. The van der Waals surface area contributed by atoms with Crippen LogP contribution in [0.25, 0.3) is 5.69 Å². The van der Waals surface area contributed by atoms with Gasteiger partial charge in [0.05, 0.1) is 11.7 Å².